The summed E-state index contributed by atoms with van der Waals surface area (Å²) >= 11 is 0. The lowest BCUT2D eigenvalue weighted by molar-refractivity contribution is 0.574. The van der Waals surface area contributed by atoms with Crippen LogP contribution in [0.1, 0.15) is 12.0 Å². The molecule has 2 heterocycles. The molecule has 0 saturated heterocycles. The maximum atomic E-state index is 13.3. The van der Waals surface area contributed by atoms with Crippen LogP contribution in [0.2, 0.25) is 0 Å². The molecule has 1 aliphatic rings. The van der Waals surface area contributed by atoms with Gasteiger partial charge in [-0.3, -0.25) is 4.68 Å². The molecule has 100 valence electrons. The van der Waals surface area contributed by atoms with Gasteiger partial charge in [0.15, 0.2) is 0 Å². The Morgan fingerprint density at radius 1 is 1.26 bits per heavy atom. The van der Waals surface area contributed by atoms with E-state index in [1.165, 1.54) is 11.6 Å². The van der Waals surface area contributed by atoms with E-state index in [9.17, 15) is 4.39 Å². The first-order valence-corrected chi connectivity index (χ1v) is 6.55. The van der Waals surface area contributed by atoms with E-state index >= 15 is 0 Å². The summed E-state index contributed by atoms with van der Waals surface area (Å²) in [4.78, 5) is 2.24. The fourth-order valence-corrected chi connectivity index (χ4v) is 2.58. The second kappa shape index (κ2) is 4.91. The zero-order chi connectivity index (χ0) is 13.2. The molecular weight excluding hydrogens is 243 g/mol. The average molecular weight is 260 g/mol. The lowest BCUT2D eigenvalue weighted by Crippen LogP contribution is -2.23. The Kier molecular flexibility index (Phi) is 3.11. The van der Waals surface area contributed by atoms with Gasteiger partial charge in [0.2, 0.25) is 0 Å². The molecule has 1 aromatic carbocycles. The number of aromatic nitrogens is 2. The van der Waals surface area contributed by atoms with E-state index in [1.54, 1.807) is 12.1 Å². The smallest absolute Gasteiger partial charge is 0.145 e. The third kappa shape index (κ3) is 2.54. The summed E-state index contributed by atoms with van der Waals surface area (Å²) < 4.78 is 15.1. The SMILES string of the molecule is Nc1ccn(CCCN2CCc3ccc(F)cc32)n1. The van der Waals surface area contributed by atoms with Crippen LogP contribution in [0.25, 0.3) is 0 Å². The Morgan fingerprint density at radius 3 is 2.95 bits per heavy atom. The highest BCUT2D eigenvalue weighted by atomic mass is 19.1. The Labute approximate surface area is 111 Å². The fraction of sp³-hybridized carbons (Fsp3) is 0.357. The quantitative estimate of drug-likeness (QED) is 0.915. The fourth-order valence-electron chi connectivity index (χ4n) is 2.58. The number of halogens is 1. The van der Waals surface area contributed by atoms with Gasteiger partial charge in [-0.1, -0.05) is 6.07 Å². The molecule has 0 aliphatic carbocycles. The van der Waals surface area contributed by atoms with Crippen molar-refractivity contribution in [3.8, 4) is 0 Å². The van der Waals surface area contributed by atoms with Gasteiger partial charge in [-0.15, -0.1) is 0 Å². The summed E-state index contributed by atoms with van der Waals surface area (Å²) in [6.45, 7) is 2.72. The first kappa shape index (κ1) is 12.0. The van der Waals surface area contributed by atoms with Crippen molar-refractivity contribution in [2.45, 2.75) is 19.4 Å². The lowest BCUT2D eigenvalue weighted by Gasteiger charge is -2.19. The van der Waals surface area contributed by atoms with Crippen molar-refractivity contribution in [1.82, 2.24) is 9.78 Å². The Balaban J connectivity index is 1.59. The molecule has 0 unspecified atom stereocenters. The van der Waals surface area contributed by atoms with E-state index < -0.39 is 0 Å². The monoisotopic (exact) mass is 260 g/mol. The van der Waals surface area contributed by atoms with E-state index in [0.717, 1.165) is 38.2 Å². The van der Waals surface area contributed by atoms with E-state index in [4.69, 9.17) is 5.73 Å². The number of nitrogens with two attached hydrogens (primary N) is 1. The van der Waals surface area contributed by atoms with Crippen LogP contribution in [-0.2, 0) is 13.0 Å². The van der Waals surface area contributed by atoms with Crippen molar-refractivity contribution in [2.24, 2.45) is 0 Å². The Hall–Kier alpha value is -2.04. The Morgan fingerprint density at radius 2 is 2.16 bits per heavy atom. The van der Waals surface area contributed by atoms with Crippen molar-refractivity contribution in [3.05, 3.63) is 41.8 Å². The number of rotatable bonds is 4. The molecule has 5 heteroatoms. The van der Waals surface area contributed by atoms with Gasteiger partial charge in [-0.2, -0.15) is 5.10 Å². The van der Waals surface area contributed by atoms with Crippen molar-refractivity contribution < 1.29 is 4.39 Å². The van der Waals surface area contributed by atoms with Gasteiger partial charge in [0.25, 0.3) is 0 Å². The summed E-state index contributed by atoms with van der Waals surface area (Å²) in [5.41, 5.74) is 7.85. The molecule has 0 spiro atoms. The zero-order valence-electron chi connectivity index (χ0n) is 10.7. The second-order valence-corrected chi connectivity index (χ2v) is 4.87. The van der Waals surface area contributed by atoms with Gasteiger partial charge < -0.3 is 10.6 Å². The van der Waals surface area contributed by atoms with Crippen LogP contribution in [-0.4, -0.2) is 22.9 Å². The van der Waals surface area contributed by atoms with E-state index in [-0.39, 0.29) is 5.82 Å². The van der Waals surface area contributed by atoms with Crippen LogP contribution >= 0.6 is 0 Å². The first-order chi connectivity index (χ1) is 9.22. The molecule has 4 nitrogen and oxygen atoms in total. The van der Waals surface area contributed by atoms with Crippen LogP contribution in [0.5, 0.6) is 0 Å². The summed E-state index contributed by atoms with van der Waals surface area (Å²) in [5.74, 6) is 0.388. The van der Waals surface area contributed by atoms with Crippen molar-refractivity contribution >= 4 is 11.5 Å². The molecule has 19 heavy (non-hydrogen) atoms. The third-order valence-corrected chi connectivity index (χ3v) is 3.52. The number of fused-ring (bicyclic) bond motifs is 1. The van der Waals surface area contributed by atoms with Crippen molar-refractivity contribution in [2.75, 3.05) is 23.7 Å². The maximum absolute atomic E-state index is 13.3. The molecule has 1 aromatic heterocycles. The average Bonchev–Trinajstić information content (AvgIpc) is 2.97. The number of hydrogen-bond acceptors (Lipinski definition) is 3. The minimum atomic E-state index is -0.162. The zero-order valence-corrected chi connectivity index (χ0v) is 10.7. The van der Waals surface area contributed by atoms with Crippen molar-refractivity contribution in [1.29, 1.82) is 0 Å². The van der Waals surface area contributed by atoms with Crippen LogP contribution < -0.4 is 10.6 Å². The highest BCUT2D eigenvalue weighted by Crippen LogP contribution is 2.28. The van der Waals surface area contributed by atoms with Gasteiger partial charge in [0.1, 0.15) is 11.6 Å². The molecule has 0 atom stereocenters. The van der Waals surface area contributed by atoms with Crippen LogP contribution in [0.4, 0.5) is 15.9 Å². The summed E-state index contributed by atoms with van der Waals surface area (Å²) in [6.07, 6.45) is 3.86. The molecule has 1 aliphatic heterocycles. The van der Waals surface area contributed by atoms with Gasteiger partial charge >= 0.3 is 0 Å². The number of hydrogen-bond donors (Lipinski definition) is 1. The van der Waals surface area contributed by atoms with Crippen LogP contribution in [0.3, 0.4) is 0 Å². The van der Waals surface area contributed by atoms with Crippen LogP contribution in [0, 0.1) is 5.82 Å². The molecule has 0 radical (unpaired) electrons. The van der Waals surface area contributed by atoms with E-state index in [1.807, 2.05) is 16.9 Å². The van der Waals surface area contributed by atoms with Gasteiger partial charge in [0.05, 0.1) is 0 Å². The molecular formula is C14H17FN4. The first-order valence-electron chi connectivity index (χ1n) is 6.55. The van der Waals surface area contributed by atoms with Gasteiger partial charge in [0, 0.05) is 31.5 Å². The number of nitrogen functional groups attached to an aromatic ring is 1. The summed E-state index contributed by atoms with van der Waals surface area (Å²) in [5, 5.41) is 4.15. The molecule has 0 bridgehead atoms. The molecule has 0 fully saturated rings. The topological polar surface area (TPSA) is 47.1 Å². The minimum absolute atomic E-state index is 0.162. The molecule has 0 amide bonds. The molecule has 3 rings (SSSR count). The van der Waals surface area contributed by atoms with Gasteiger partial charge in [-0.05, 0) is 36.6 Å². The molecule has 0 saturated carbocycles. The standard InChI is InChI=1S/C14H17FN4/c15-12-3-2-11-4-8-18(13(11)10-12)6-1-7-19-9-5-14(16)17-19/h2-3,5,9-10H,1,4,6-8H2,(H2,16,17). The summed E-state index contributed by atoms with van der Waals surface area (Å²) in [6, 6.07) is 6.85. The lowest BCUT2D eigenvalue weighted by atomic mass is 10.2. The van der Waals surface area contributed by atoms with Crippen LogP contribution in [0.15, 0.2) is 30.5 Å². The number of anilines is 2. The third-order valence-electron chi connectivity index (χ3n) is 3.52. The normalized spacial score (nSPS) is 13.8. The second-order valence-electron chi connectivity index (χ2n) is 4.87. The molecule has 2 N–H and O–H groups in total. The van der Waals surface area contributed by atoms with Crippen molar-refractivity contribution in [3.63, 3.8) is 0 Å². The summed E-state index contributed by atoms with van der Waals surface area (Å²) in [7, 11) is 0. The highest BCUT2D eigenvalue weighted by molar-refractivity contribution is 5.58. The predicted octanol–water partition coefficient (Wildman–Crippen LogP) is 2.06. The predicted molar refractivity (Wildman–Crippen MR) is 73.6 cm³/mol. The number of benzene rings is 1. The van der Waals surface area contributed by atoms with E-state index in [0.29, 0.717) is 5.82 Å². The number of nitrogens with zero attached hydrogens (tertiary/aromatic N) is 3. The highest BCUT2D eigenvalue weighted by Gasteiger charge is 2.18. The van der Waals surface area contributed by atoms with E-state index in [2.05, 4.69) is 10.00 Å². The number of aryl methyl sites for hydroxylation is 1. The maximum Gasteiger partial charge on any atom is 0.145 e. The van der Waals surface area contributed by atoms with Gasteiger partial charge in [-0.25, -0.2) is 4.39 Å². The Bertz CT molecular complexity index is 579. The molecule has 2 aromatic rings. The minimum Gasteiger partial charge on any atom is -0.382 e. The largest absolute Gasteiger partial charge is 0.382 e.